The number of nitrogens with one attached hydrogen (secondary N) is 1. The molecule has 4 rings (SSSR count). The lowest BCUT2D eigenvalue weighted by Gasteiger charge is -2.61. The predicted octanol–water partition coefficient (Wildman–Crippen LogP) is 6.14. The van der Waals surface area contributed by atoms with E-state index in [4.69, 9.17) is 4.74 Å². The number of carbonyl (C=O) groups is 3. The number of Topliss-reactive ketones (excluding diaryl/α,β-unsaturated/α-hetero) is 1. The third-order valence-electron chi connectivity index (χ3n) is 11.1. The molecule has 0 spiro atoms. The Hall–Kier alpha value is -2.12. The number of amides is 1. The average Bonchev–Trinajstić information content (AvgIpc) is 3.29. The first kappa shape index (κ1) is 31.8. The number of aliphatic hydroxyl groups is 1. The monoisotopic (exact) mass is 583 g/mol. The van der Waals surface area contributed by atoms with Crippen LogP contribution in [0.2, 0.25) is 0 Å². The lowest BCUT2D eigenvalue weighted by atomic mass is 9.44. The molecule has 0 unspecified atom stereocenters. The molecule has 0 aliphatic heterocycles. The molecule has 0 heterocycles. The van der Waals surface area contributed by atoms with E-state index in [0.29, 0.717) is 24.9 Å². The van der Waals surface area contributed by atoms with Gasteiger partial charge in [0.1, 0.15) is 11.9 Å². The highest BCUT2D eigenvalue weighted by Crippen LogP contribution is 2.68. The summed E-state index contributed by atoms with van der Waals surface area (Å²) in [6.45, 7) is 18.9. The number of ether oxygens (including phenoxy) is 1. The number of rotatable bonds is 8. The summed E-state index contributed by atoms with van der Waals surface area (Å²) in [7, 11) is 0. The van der Waals surface area contributed by atoms with Crippen molar-refractivity contribution in [3.63, 3.8) is 0 Å². The van der Waals surface area contributed by atoms with E-state index in [1.54, 1.807) is 0 Å². The van der Waals surface area contributed by atoms with Gasteiger partial charge in [0.25, 0.3) is 5.91 Å². The van der Waals surface area contributed by atoms with Gasteiger partial charge in [-0.2, -0.15) is 0 Å². The average molecular weight is 584 g/mol. The molecule has 3 fully saturated rings. The molecule has 0 radical (unpaired) electrons. The van der Waals surface area contributed by atoms with Crippen LogP contribution in [0, 0.1) is 40.9 Å². The number of carbonyl (C=O) groups excluding carboxylic acids is 3. The Labute approximate surface area is 250 Å². The van der Waals surface area contributed by atoms with E-state index in [0.717, 1.165) is 24.8 Å². The van der Waals surface area contributed by atoms with Crippen LogP contribution in [0.15, 0.2) is 36.9 Å². The highest BCUT2D eigenvalue weighted by atomic mass is 32.2. The maximum absolute atomic E-state index is 13.6. The first-order valence-electron chi connectivity index (χ1n) is 15.1. The van der Waals surface area contributed by atoms with Crippen LogP contribution in [-0.2, 0) is 14.3 Å². The summed E-state index contributed by atoms with van der Waals surface area (Å²) < 4.78 is 5.96. The first-order valence-corrected chi connectivity index (χ1v) is 16.1. The van der Waals surface area contributed by atoms with E-state index >= 15 is 0 Å². The molecule has 3 saturated carbocycles. The Morgan fingerprint density at radius 2 is 1.85 bits per heavy atom. The number of aliphatic hydroxyl groups excluding tert-OH is 1. The zero-order valence-corrected chi connectivity index (χ0v) is 26.7. The van der Waals surface area contributed by atoms with Gasteiger partial charge >= 0.3 is 5.97 Å². The van der Waals surface area contributed by atoms with Crippen molar-refractivity contribution in [1.29, 1.82) is 0 Å². The van der Waals surface area contributed by atoms with Gasteiger partial charge in [-0.1, -0.05) is 51.5 Å². The second-order valence-electron chi connectivity index (χ2n) is 14.2. The summed E-state index contributed by atoms with van der Waals surface area (Å²) in [5.41, 5.74) is 0.229. The molecule has 0 saturated heterocycles. The smallest absolute Gasteiger partial charge is 0.316 e. The molecule has 7 heteroatoms. The van der Waals surface area contributed by atoms with Crippen molar-refractivity contribution in [3.8, 4) is 0 Å². The van der Waals surface area contributed by atoms with E-state index in [1.807, 2.05) is 58.0 Å². The van der Waals surface area contributed by atoms with Crippen molar-refractivity contribution in [1.82, 2.24) is 5.32 Å². The molecular formula is C34H49NO5S. The highest BCUT2D eigenvalue weighted by Gasteiger charge is 2.68. The maximum atomic E-state index is 13.6. The van der Waals surface area contributed by atoms with Crippen LogP contribution in [-0.4, -0.2) is 52.0 Å². The Morgan fingerprint density at radius 3 is 2.49 bits per heavy atom. The highest BCUT2D eigenvalue weighted by molar-refractivity contribution is 8.01. The van der Waals surface area contributed by atoms with Crippen LogP contribution >= 0.6 is 11.8 Å². The van der Waals surface area contributed by atoms with Crippen molar-refractivity contribution >= 4 is 29.4 Å². The van der Waals surface area contributed by atoms with Crippen molar-refractivity contribution in [2.45, 2.75) is 97.5 Å². The first-order chi connectivity index (χ1) is 19.1. The van der Waals surface area contributed by atoms with E-state index < -0.39 is 27.8 Å². The van der Waals surface area contributed by atoms with Crippen LogP contribution in [0.3, 0.4) is 0 Å². The maximum Gasteiger partial charge on any atom is 0.316 e. The molecule has 0 aromatic heterocycles. The molecule has 1 aromatic rings. The van der Waals surface area contributed by atoms with Gasteiger partial charge in [0.2, 0.25) is 0 Å². The van der Waals surface area contributed by atoms with E-state index in [-0.39, 0.29) is 46.6 Å². The SMILES string of the molecule is C=C[C@]1(C)C[C@@H](OC(=O)CSC(C)(C)CNC(=O)c2ccc(C)cc2)[C@]2(C)[C@H](C)CC[C@]3(CCC(=O)[C@H]32)[C@@H](C)[C@@H]1O. The molecule has 41 heavy (non-hydrogen) atoms. The van der Waals surface area contributed by atoms with Gasteiger partial charge in [-0.25, -0.2) is 0 Å². The van der Waals surface area contributed by atoms with Crippen LogP contribution in [0.1, 0.15) is 89.6 Å². The Balaban J connectivity index is 1.50. The van der Waals surface area contributed by atoms with Crippen molar-refractivity contribution in [2.24, 2.45) is 34.0 Å². The molecule has 8 atom stereocenters. The molecule has 3 aliphatic carbocycles. The van der Waals surface area contributed by atoms with Gasteiger partial charge in [0, 0.05) is 40.0 Å². The second-order valence-corrected chi connectivity index (χ2v) is 15.8. The minimum absolute atomic E-state index is 0.0584. The molecule has 3 aliphatic rings. The largest absolute Gasteiger partial charge is 0.461 e. The zero-order chi connectivity index (χ0) is 30.4. The van der Waals surface area contributed by atoms with Gasteiger partial charge in [0.15, 0.2) is 0 Å². The molecule has 2 N–H and O–H groups in total. The number of esters is 1. The lowest BCUT2D eigenvalue weighted by molar-refractivity contribution is -0.205. The summed E-state index contributed by atoms with van der Waals surface area (Å²) in [5, 5.41) is 14.7. The van der Waals surface area contributed by atoms with Crippen LogP contribution < -0.4 is 5.32 Å². The summed E-state index contributed by atoms with van der Waals surface area (Å²) >= 11 is 1.45. The molecule has 226 valence electrons. The topological polar surface area (TPSA) is 92.7 Å². The lowest BCUT2D eigenvalue weighted by Crippen LogP contribution is -2.63. The summed E-state index contributed by atoms with van der Waals surface area (Å²) in [6, 6.07) is 7.44. The van der Waals surface area contributed by atoms with Crippen molar-refractivity contribution in [3.05, 3.63) is 48.0 Å². The summed E-state index contributed by atoms with van der Waals surface area (Å²) in [5.74, 6) is -0.200. The minimum atomic E-state index is -0.682. The Kier molecular flexibility index (Phi) is 8.94. The van der Waals surface area contributed by atoms with E-state index in [9.17, 15) is 19.5 Å². The molecular weight excluding hydrogens is 534 g/mol. The molecule has 2 bridgehead atoms. The number of ketones is 1. The van der Waals surface area contributed by atoms with Crippen molar-refractivity contribution < 1.29 is 24.2 Å². The normalized spacial score (nSPS) is 37.0. The van der Waals surface area contributed by atoms with E-state index in [1.165, 1.54) is 11.8 Å². The summed E-state index contributed by atoms with van der Waals surface area (Å²) in [6.07, 6.45) is 4.20. The number of aryl methyl sites for hydroxylation is 1. The van der Waals surface area contributed by atoms with Crippen LogP contribution in [0.4, 0.5) is 0 Å². The number of thioether (sulfide) groups is 1. The zero-order valence-electron chi connectivity index (χ0n) is 25.9. The van der Waals surface area contributed by atoms with E-state index in [2.05, 4.69) is 32.7 Å². The van der Waals surface area contributed by atoms with Gasteiger partial charge in [-0.05, 0) is 75.8 Å². The van der Waals surface area contributed by atoms with Crippen LogP contribution in [0.5, 0.6) is 0 Å². The fraction of sp³-hybridized carbons (Fsp3) is 0.676. The fourth-order valence-corrected chi connectivity index (χ4v) is 8.85. The van der Waals surface area contributed by atoms with Gasteiger partial charge in [-0.15, -0.1) is 18.3 Å². The molecule has 6 nitrogen and oxygen atoms in total. The molecule has 1 amide bonds. The summed E-state index contributed by atoms with van der Waals surface area (Å²) in [4.78, 5) is 39.7. The third-order valence-corrected chi connectivity index (χ3v) is 12.5. The second kappa shape index (κ2) is 11.5. The van der Waals surface area contributed by atoms with Gasteiger partial charge in [-0.3, -0.25) is 14.4 Å². The predicted molar refractivity (Wildman–Crippen MR) is 165 cm³/mol. The molecule has 1 aromatic carbocycles. The minimum Gasteiger partial charge on any atom is -0.461 e. The fourth-order valence-electron chi connectivity index (χ4n) is 8.10. The van der Waals surface area contributed by atoms with Crippen LogP contribution in [0.25, 0.3) is 0 Å². The van der Waals surface area contributed by atoms with Crippen molar-refractivity contribution in [2.75, 3.05) is 12.3 Å². The standard InChI is InChI=1S/C34H49NO5S/c1-9-32(7)18-26(33(8)22(3)14-16-34(23(4)29(32)38)17-15-25(36)28(33)34)40-27(37)19-41-31(5,6)20-35-30(39)24-12-10-21(2)11-13-24/h9-13,22-23,26,28-29,38H,1,14-20H2,2-8H3,(H,35,39)/t22-,23+,26-,28+,29+,32-,33+,34+/m1/s1. The number of hydrogen-bond donors (Lipinski definition) is 2. The quantitative estimate of drug-likeness (QED) is 0.282. The third kappa shape index (κ3) is 5.78. The Bertz CT molecular complexity index is 1180. The Morgan fingerprint density at radius 1 is 1.20 bits per heavy atom. The number of benzene rings is 1. The number of hydrogen-bond acceptors (Lipinski definition) is 6. The van der Waals surface area contributed by atoms with Gasteiger partial charge < -0.3 is 15.2 Å². The van der Waals surface area contributed by atoms with Gasteiger partial charge in [0.05, 0.1) is 11.9 Å².